The number of Topliss-reactive ketones (excluding diaryl/α,β-unsaturated/α-hetero) is 1. The number of hydrogen-bond acceptors (Lipinski definition) is 5. The average Bonchev–Trinajstić information content (AvgIpc) is 3.45. The maximum absolute atomic E-state index is 13.7. The highest BCUT2D eigenvalue weighted by molar-refractivity contribution is 7.80. The second-order valence-electron chi connectivity index (χ2n) is 11.4. The van der Waals surface area contributed by atoms with Crippen molar-refractivity contribution in [1.82, 2.24) is 20.0 Å². The molecule has 4 aromatic rings. The molecule has 0 radical (unpaired) electrons. The van der Waals surface area contributed by atoms with Gasteiger partial charge in [0.15, 0.2) is 5.11 Å². The molecule has 0 unspecified atom stereocenters. The van der Waals surface area contributed by atoms with Crippen molar-refractivity contribution in [3.05, 3.63) is 119 Å². The molecular formula is C33H30F6N6OS. The third kappa shape index (κ3) is 9.40. The number of alkyl halides is 6. The van der Waals surface area contributed by atoms with Gasteiger partial charge in [-0.25, -0.2) is 10.4 Å². The van der Waals surface area contributed by atoms with Crippen LogP contribution in [0.15, 0.2) is 85.3 Å². The quantitative estimate of drug-likeness (QED) is 0.0977. The van der Waals surface area contributed by atoms with E-state index >= 15 is 0 Å². The summed E-state index contributed by atoms with van der Waals surface area (Å²) >= 11 is 5.50. The van der Waals surface area contributed by atoms with Crippen LogP contribution in [-0.2, 0) is 36.7 Å². The number of imidazole rings is 1. The van der Waals surface area contributed by atoms with Gasteiger partial charge in [0.2, 0.25) is 0 Å². The van der Waals surface area contributed by atoms with Crippen molar-refractivity contribution in [2.75, 3.05) is 11.9 Å². The first-order valence-electron chi connectivity index (χ1n) is 14.2. The lowest BCUT2D eigenvalue weighted by atomic mass is 9.85. The van der Waals surface area contributed by atoms with Crippen molar-refractivity contribution in [3.8, 4) is 6.07 Å². The minimum absolute atomic E-state index is 0.00292. The number of hydrogen-bond donors (Lipinski definition) is 2. The molecule has 0 atom stereocenters. The van der Waals surface area contributed by atoms with Crippen molar-refractivity contribution < 1.29 is 31.1 Å². The summed E-state index contributed by atoms with van der Waals surface area (Å²) in [5.41, 5.74) is 1.82. The summed E-state index contributed by atoms with van der Waals surface area (Å²) in [4.78, 5) is 17.9. The number of ketones is 1. The first-order valence-corrected chi connectivity index (χ1v) is 14.6. The number of nitrogens with zero attached hydrogens (tertiary/aromatic N) is 4. The molecule has 1 aromatic heterocycles. The van der Waals surface area contributed by atoms with Gasteiger partial charge < -0.3 is 9.88 Å². The Bertz CT molecular complexity index is 1760. The molecule has 0 fully saturated rings. The number of benzene rings is 3. The van der Waals surface area contributed by atoms with Crippen LogP contribution in [0.3, 0.4) is 0 Å². The summed E-state index contributed by atoms with van der Waals surface area (Å²) in [5.74, 6) is -0.247. The van der Waals surface area contributed by atoms with Crippen LogP contribution in [0.5, 0.6) is 0 Å². The Balaban J connectivity index is 1.54. The van der Waals surface area contributed by atoms with E-state index in [9.17, 15) is 31.1 Å². The molecule has 0 aliphatic carbocycles. The molecule has 7 nitrogen and oxygen atoms in total. The third-order valence-corrected chi connectivity index (χ3v) is 7.68. The van der Waals surface area contributed by atoms with E-state index in [0.717, 1.165) is 23.8 Å². The normalized spacial score (nSPS) is 12.0. The highest BCUT2D eigenvalue weighted by Gasteiger charge is 2.35. The van der Waals surface area contributed by atoms with Gasteiger partial charge in [0, 0.05) is 49.0 Å². The number of carbonyl (C=O) groups is 1. The smallest absolute Gasteiger partial charge is 0.332 e. The maximum atomic E-state index is 13.7. The summed E-state index contributed by atoms with van der Waals surface area (Å²) in [5, 5.41) is 12.9. The lowest BCUT2D eigenvalue weighted by molar-refractivity contribution is -0.138. The molecule has 47 heavy (non-hydrogen) atoms. The van der Waals surface area contributed by atoms with Gasteiger partial charge in [-0.2, -0.15) is 31.6 Å². The number of carbonyl (C=O) groups excluding carboxylic acids is 1. The number of rotatable bonds is 11. The summed E-state index contributed by atoms with van der Waals surface area (Å²) in [6.45, 7) is 3.19. The Hall–Kier alpha value is -4.74. The molecule has 0 saturated heterocycles. The number of anilines is 1. The fourth-order valence-corrected chi connectivity index (χ4v) is 4.95. The Morgan fingerprint density at radius 2 is 1.68 bits per heavy atom. The van der Waals surface area contributed by atoms with Gasteiger partial charge in [-0.15, -0.1) is 0 Å². The van der Waals surface area contributed by atoms with Gasteiger partial charge in [0.1, 0.15) is 5.78 Å². The molecule has 0 bridgehead atoms. The number of thiocarbonyl (C=S) groups is 1. The molecule has 4 rings (SSSR count). The zero-order valence-electron chi connectivity index (χ0n) is 25.3. The highest BCUT2D eigenvalue weighted by atomic mass is 32.1. The Labute approximate surface area is 272 Å². The van der Waals surface area contributed by atoms with Gasteiger partial charge >= 0.3 is 12.4 Å². The van der Waals surface area contributed by atoms with Crippen LogP contribution in [0.25, 0.3) is 0 Å². The van der Waals surface area contributed by atoms with Crippen LogP contribution in [0.4, 0.5) is 32.0 Å². The van der Waals surface area contributed by atoms with E-state index in [1.165, 1.54) is 35.3 Å². The van der Waals surface area contributed by atoms with Gasteiger partial charge in [0.05, 0.1) is 29.1 Å². The Morgan fingerprint density at radius 3 is 2.34 bits per heavy atom. The number of aromatic nitrogens is 2. The summed E-state index contributed by atoms with van der Waals surface area (Å²) in [6, 6.07) is 18.3. The zero-order valence-corrected chi connectivity index (χ0v) is 26.1. The van der Waals surface area contributed by atoms with Gasteiger partial charge in [-0.05, 0) is 59.7 Å². The molecule has 14 heteroatoms. The van der Waals surface area contributed by atoms with E-state index in [4.69, 9.17) is 17.5 Å². The Morgan fingerprint density at radius 1 is 0.979 bits per heavy atom. The van der Waals surface area contributed by atoms with Crippen molar-refractivity contribution in [2.45, 2.75) is 45.7 Å². The molecule has 0 saturated carbocycles. The van der Waals surface area contributed by atoms with Crippen molar-refractivity contribution in [3.63, 3.8) is 0 Å². The SMILES string of the molecule is CC(C)(CN(NCc1ccccc1C(F)(F)F)C(=S)Nc1cccc(C(F)(F)F)c1)C(=O)Cc1cncn1Cc1ccc(C#N)cc1. The molecule has 0 aliphatic rings. The predicted octanol–water partition coefficient (Wildman–Crippen LogP) is 7.38. The van der Waals surface area contributed by atoms with E-state index in [1.54, 1.807) is 55.2 Å². The summed E-state index contributed by atoms with van der Waals surface area (Å²) < 4.78 is 82.8. The lowest BCUT2D eigenvalue weighted by Crippen LogP contribution is -2.51. The highest BCUT2D eigenvalue weighted by Crippen LogP contribution is 2.33. The fraction of sp³-hybridized carbons (Fsp3) is 0.273. The first-order chi connectivity index (χ1) is 22.1. The minimum Gasteiger partial charge on any atom is -0.332 e. The standard InChI is InChI=1S/C33H30F6N6OS/c1-31(2,29(46)15-27-18-41-21-44(27)19-23-12-10-22(16-40)11-13-23)20-45(42-17-24-6-3-4-9-28(24)33(37,38)39)30(47)43-26-8-5-7-25(14-26)32(34,35)36/h3-14,18,21,42H,15,17,19-20H2,1-2H3,(H,43,47). The van der Waals surface area contributed by atoms with E-state index in [-0.39, 0.29) is 41.7 Å². The Kier molecular flexibility index (Phi) is 10.7. The molecule has 0 spiro atoms. The molecule has 2 N–H and O–H groups in total. The fourth-order valence-electron chi connectivity index (χ4n) is 4.70. The van der Waals surface area contributed by atoms with E-state index in [2.05, 4.69) is 21.8 Å². The molecular weight excluding hydrogens is 642 g/mol. The van der Waals surface area contributed by atoms with Crippen LogP contribution < -0.4 is 10.7 Å². The van der Waals surface area contributed by atoms with Crippen molar-refractivity contribution >= 4 is 28.8 Å². The van der Waals surface area contributed by atoms with Crippen LogP contribution in [0.2, 0.25) is 0 Å². The second-order valence-corrected chi connectivity index (χ2v) is 11.8. The molecule has 0 amide bonds. The van der Waals surface area contributed by atoms with Crippen molar-refractivity contribution in [2.24, 2.45) is 5.41 Å². The van der Waals surface area contributed by atoms with Crippen LogP contribution >= 0.6 is 12.2 Å². The number of hydrazine groups is 1. The van der Waals surface area contributed by atoms with Crippen LogP contribution in [-0.4, -0.2) is 32.0 Å². The van der Waals surface area contributed by atoms with Gasteiger partial charge in [-0.1, -0.05) is 50.2 Å². The van der Waals surface area contributed by atoms with Crippen LogP contribution in [0.1, 0.15) is 47.4 Å². The lowest BCUT2D eigenvalue weighted by Gasteiger charge is -2.34. The maximum Gasteiger partial charge on any atom is 0.416 e. The largest absolute Gasteiger partial charge is 0.416 e. The molecule has 246 valence electrons. The predicted molar refractivity (Wildman–Crippen MR) is 168 cm³/mol. The summed E-state index contributed by atoms with van der Waals surface area (Å²) in [7, 11) is 0. The monoisotopic (exact) mass is 672 g/mol. The van der Waals surface area contributed by atoms with E-state index < -0.39 is 28.9 Å². The summed E-state index contributed by atoms with van der Waals surface area (Å²) in [6.07, 6.45) is -6.15. The number of nitrogens with one attached hydrogen (secondary N) is 2. The van der Waals surface area contributed by atoms with Crippen LogP contribution in [0, 0.1) is 16.7 Å². The van der Waals surface area contributed by atoms with Gasteiger partial charge in [-0.3, -0.25) is 9.80 Å². The zero-order chi connectivity index (χ0) is 34.4. The number of nitriles is 1. The number of halogens is 6. The molecule has 3 aromatic carbocycles. The third-order valence-electron chi connectivity index (χ3n) is 7.35. The topological polar surface area (TPSA) is 86.0 Å². The first kappa shape index (κ1) is 35.1. The average molecular weight is 673 g/mol. The van der Waals surface area contributed by atoms with E-state index in [0.29, 0.717) is 17.8 Å². The van der Waals surface area contributed by atoms with Crippen molar-refractivity contribution in [1.29, 1.82) is 5.26 Å². The minimum atomic E-state index is -4.63. The molecule has 1 heterocycles. The van der Waals surface area contributed by atoms with E-state index in [1.807, 2.05) is 0 Å². The van der Waals surface area contributed by atoms with Gasteiger partial charge in [0.25, 0.3) is 0 Å². The molecule has 0 aliphatic heterocycles. The second kappa shape index (κ2) is 14.4.